The highest BCUT2D eigenvalue weighted by molar-refractivity contribution is 7.13. The first-order valence-corrected chi connectivity index (χ1v) is 7.50. The van der Waals surface area contributed by atoms with Gasteiger partial charge < -0.3 is 15.5 Å². The minimum absolute atomic E-state index is 0.284. The number of aromatic nitrogens is 2. The Morgan fingerprint density at radius 3 is 2.95 bits per heavy atom. The van der Waals surface area contributed by atoms with Crippen molar-refractivity contribution in [3.8, 4) is 0 Å². The number of nitrogen functional groups attached to an aromatic ring is 1. The van der Waals surface area contributed by atoms with E-state index in [0.717, 1.165) is 29.8 Å². The number of hydrogen-bond acceptors (Lipinski definition) is 6. The molecule has 0 bridgehead atoms. The maximum atomic E-state index is 12.0. The molecule has 7 heteroatoms. The summed E-state index contributed by atoms with van der Waals surface area (Å²) in [6, 6.07) is 5.41. The Bertz CT molecular complexity index is 834. The second-order valence-corrected chi connectivity index (χ2v) is 5.92. The van der Waals surface area contributed by atoms with Crippen LogP contribution >= 0.6 is 11.3 Å². The topological polar surface area (TPSA) is 94.0 Å². The van der Waals surface area contributed by atoms with E-state index in [1.54, 1.807) is 17.5 Å². The summed E-state index contributed by atoms with van der Waals surface area (Å²) in [6.45, 7) is 0. The molecule has 106 valence electrons. The molecule has 1 aromatic carbocycles. The molecular weight excluding hydrogens is 288 g/mol. The fourth-order valence-electron chi connectivity index (χ4n) is 2.11. The maximum absolute atomic E-state index is 12.0. The van der Waals surface area contributed by atoms with Crippen molar-refractivity contribution in [2.45, 2.75) is 18.8 Å². The van der Waals surface area contributed by atoms with Gasteiger partial charge in [-0.3, -0.25) is 4.79 Å². The van der Waals surface area contributed by atoms with Gasteiger partial charge in [-0.05, 0) is 31.0 Å². The zero-order valence-corrected chi connectivity index (χ0v) is 11.8. The van der Waals surface area contributed by atoms with Crippen molar-refractivity contribution in [1.29, 1.82) is 0 Å². The monoisotopic (exact) mass is 300 g/mol. The van der Waals surface area contributed by atoms with Crippen molar-refractivity contribution in [1.82, 2.24) is 9.97 Å². The van der Waals surface area contributed by atoms with Crippen molar-refractivity contribution in [3.05, 3.63) is 35.2 Å². The molecule has 1 amide bonds. The van der Waals surface area contributed by atoms with Crippen molar-refractivity contribution < 1.29 is 9.21 Å². The molecule has 0 unspecified atom stereocenters. The molecule has 2 aromatic heterocycles. The van der Waals surface area contributed by atoms with Crippen LogP contribution < -0.4 is 11.1 Å². The summed E-state index contributed by atoms with van der Waals surface area (Å²) in [5.41, 5.74) is 8.00. The fourth-order valence-corrected chi connectivity index (χ4v) is 2.66. The van der Waals surface area contributed by atoms with Crippen LogP contribution in [0, 0.1) is 0 Å². The van der Waals surface area contributed by atoms with Crippen LogP contribution in [0.25, 0.3) is 11.1 Å². The molecule has 1 aliphatic carbocycles. The fraction of sp³-hybridized carbons (Fsp3) is 0.214. The van der Waals surface area contributed by atoms with Gasteiger partial charge in [0.1, 0.15) is 11.2 Å². The van der Waals surface area contributed by atoms with Gasteiger partial charge in [-0.1, -0.05) is 0 Å². The van der Waals surface area contributed by atoms with Crippen molar-refractivity contribution in [2.75, 3.05) is 11.1 Å². The van der Waals surface area contributed by atoms with E-state index in [2.05, 4.69) is 15.3 Å². The smallest absolute Gasteiger partial charge is 0.275 e. The Balaban J connectivity index is 1.59. The molecule has 21 heavy (non-hydrogen) atoms. The minimum Gasteiger partial charge on any atom is -0.440 e. The molecular formula is C14H12N4O2S. The van der Waals surface area contributed by atoms with Crippen LogP contribution in [0.2, 0.25) is 0 Å². The van der Waals surface area contributed by atoms with Crippen LogP contribution in [0.15, 0.2) is 28.0 Å². The number of carbonyl (C=O) groups excluding carboxylic acids is 1. The Hall–Kier alpha value is -2.41. The summed E-state index contributed by atoms with van der Waals surface area (Å²) in [4.78, 5) is 20.4. The molecule has 1 saturated carbocycles. The molecule has 0 saturated heterocycles. The Labute approximate surface area is 124 Å². The Morgan fingerprint density at radius 2 is 2.24 bits per heavy atom. The highest BCUT2D eigenvalue weighted by Gasteiger charge is 2.28. The van der Waals surface area contributed by atoms with Crippen LogP contribution in [-0.2, 0) is 0 Å². The predicted molar refractivity (Wildman–Crippen MR) is 80.5 cm³/mol. The lowest BCUT2D eigenvalue weighted by Crippen LogP contribution is -2.12. The number of amides is 1. The van der Waals surface area contributed by atoms with E-state index < -0.39 is 0 Å². The SMILES string of the molecule is Nc1nc(C(=O)Nc2ccc3oc(C4CC4)nc3c2)cs1. The van der Waals surface area contributed by atoms with E-state index in [1.165, 1.54) is 11.3 Å². The van der Waals surface area contributed by atoms with Crippen LogP contribution in [-0.4, -0.2) is 15.9 Å². The molecule has 1 aliphatic rings. The van der Waals surface area contributed by atoms with Gasteiger partial charge in [-0.2, -0.15) is 0 Å². The quantitative estimate of drug-likeness (QED) is 0.775. The number of anilines is 2. The van der Waals surface area contributed by atoms with Crippen LogP contribution in [0.5, 0.6) is 0 Å². The van der Waals surface area contributed by atoms with Gasteiger partial charge in [0.05, 0.1) is 0 Å². The number of carbonyl (C=O) groups is 1. The van der Waals surface area contributed by atoms with E-state index >= 15 is 0 Å². The van der Waals surface area contributed by atoms with Gasteiger partial charge in [-0.15, -0.1) is 11.3 Å². The zero-order chi connectivity index (χ0) is 14.4. The van der Waals surface area contributed by atoms with Gasteiger partial charge in [0.25, 0.3) is 5.91 Å². The lowest BCUT2D eigenvalue weighted by atomic mass is 10.3. The number of nitrogens with one attached hydrogen (secondary N) is 1. The maximum Gasteiger partial charge on any atom is 0.275 e. The number of thiazole rings is 1. The number of hydrogen-bond donors (Lipinski definition) is 2. The molecule has 0 spiro atoms. The molecule has 3 aromatic rings. The summed E-state index contributed by atoms with van der Waals surface area (Å²) in [6.07, 6.45) is 2.28. The van der Waals surface area contributed by atoms with Crippen LogP contribution in [0.1, 0.15) is 35.1 Å². The second-order valence-electron chi connectivity index (χ2n) is 5.03. The van der Waals surface area contributed by atoms with Gasteiger partial charge in [0.2, 0.25) is 0 Å². The standard InChI is InChI=1S/C14H12N4O2S/c15-14-18-10(6-21-14)12(19)16-8-3-4-11-9(5-8)17-13(20-11)7-1-2-7/h3-7H,1-2H2,(H2,15,18)(H,16,19). The third-order valence-corrected chi connectivity index (χ3v) is 4.02. The molecule has 6 nitrogen and oxygen atoms in total. The molecule has 0 aliphatic heterocycles. The minimum atomic E-state index is -0.284. The van der Waals surface area contributed by atoms with E-state index in [0.29, 0.717) is 22.4 Å². The van der Waals surface area contributed by atoms with E-state index in [1.807, 2.05) is 6.07 Å². The lowest BCUT2D eigenvalue weighted by molar-refractivity contribution is 0.102. The molecule has 2 heterocycles. The summed E-state index contributed by atoms with van der Waals surface area (Å²) in [5.74, 6) is 0.974. The Kier molecular flexibility index (Phi) is 2.68. The number of fused-ring (bicyclic) bond motifs is 1. The summed E-state index contributed by atoms with van der Waals surface area (Å²) in [7, 11) is 0. The van der Waals surface area contributed by atoms with Gasteiger partial charge >= 0.3 is 0 Å². The van der Waals surface area contributed by atoms with Crippen molar-refractivity contribution in [3.63, 3.8) is 0 Å². The number of benzene rings is 1. The highest BCUT2D eigenvalue weighted by atomic mass is 32.1. The first-order chi connectivity index (χ1) is 10.2. The molecule has 3 N–H and O–H groups in total. The van der Waals surface area contributed by atoms with E-state index in [4.69, 9.17) is 10.2 Å². The van der Waals surface area contributed by atoms with Gasteiger partial charge in [0, 0.05) is 17.0 Å². The lowest BCUT2D eigenvalue weighted by Gasteiger charge is -2.02. The normalized spacial score (nSPS) is 14.5. The van der Waals surface area contributed by atoms with E-state index in [-0.39, 0.29) is 5.91 Å². The third kappa shape index (κ3) is 2.36. The number of rotatable bonds is 3. The molecule has 4 rings (SSSR count). The second kappa shape index (κ2) is 4.56. The van der Waals surface area contributed by atoms with Crippen LogP contribution in [0.3, 0.4) is 0 Å². The average molecular weight is 300 g/mol. The Morgan fingerprint density at radius 1 is 1.38 bits per heavy atom. The zero-order valence-electron chi connectivity index (χ0n) is 11.0. The summed E-state index contributed by atoms with van der Waals surface area (Å²) in [5, 5.41) is 4.79. The van der Waals surface area contributed by atoms with E-state index in [9.17, 15) is 4.79 Å². The third-order valence-electron chi connectivity index (χ3n) is 3.34. The van der Waals surface area contributed by atoms with Crippen molar-refractivity contribution >= 4 is 39.2 Å². The van der Waals surface area contributed by atoms with Crippen molar-refractivity contribution in [2.24, 2.45) is 0 Å². The van der Waals surface area contributed by atoms with Crippen LogP contribution in [0.4, 0.5) is 10.8 Å². The number of nitrogens with two attached hydrogens (primary N) is 1. The van der Waals surface area contributed by atoms with Gasteiger partial charge in [-0.25, -0.2) is 9.97 Å². The van der Waals surface area contributed by atoms with Gasteiger partial charge in [0.15, 0.2) is 16.6 Å². The largest absolute Gasteiger partial charge is 0.440 e. The molecule has 0 radical (unpaired) electrons. The highest BCUT2D eigenvalue weighted by Crippen LogP contribution is 2.40. The first kappa shape index (κ1) is 12.3. The molecule has 0 atom stereocenters. The summed E-state index contributed by atoms with van der Waals surface area (Å²) >= 11 is 1.24. The molecule has 1 fully saturated rings. The number of nitrogens with zero attached hydrogens (tertiary/aromatic N) is 2. The summed E-state index contributed by atoms with van der Waals surface area (Å²) < 4.78 is 5.69. The first-order valence-electron chi connectivity index (χ1n) is 6.62. The predicted octanol–water partition coefficient (Wildman–Crippen LogP) is 3.00. The number of oxazole rings is 1. The average Bonchev–Trinajstić information content (AvgIpc) is 3.09.